The molecule has 1 N–H and O–H groups in total. The molecule has 0 saturated heterocycles. The van der Waals surface area contributed by atoms with E-state index in [0.29, 0.717) is 7.11 Å². The molecule has 0 aliphatic rings. The summed E-state index contributed by atoms with van der Waals surface area (Å²) < 4.78 is 43.5. The van der Waals surface area contributed by atoms with E-state index in [1.165, 1.54) is 0 Å². The number of carboxylic acids is 1. The van der Waals surface area contributed by atoms with E-state index in [0.717, 1.165) is 0 Å². The van der Waals surface area contributed by atoms with E-state index in [-0.39, 0.29) is 5.33 Å². The molecule has 0 aromatic rings. The largest absolute Gasteiger partial charge is 0.477 e. The van der Waals surface area contributed by atoms with Gasteiger partial charge in [-0.3, -0.25) is 0 Å². The van der Waals surface area contributed by atoms with Gasteiger partial charge in [-0.15, -0.1) is 0 Å². The molecule has 0 spiro atoms. The van der Waals surface area contributed by atoms with Crippen molar-refractivity contribution in [1.82, 2.24) is 0 Å². The van der Waals surface area contributed by atoms with Crippen molar-refractivity contribution in [3.63, 3.8) is 0 Å². The van der Waals surface area contributed by atoms with Crippen molar-refractivity contribution in [1.29, 1.82) is 0 Å². The molecule has 0 aliphatic carbocycles. The SMILES string of the molecule is COC(F)(C(=O)O)C(F)(F)CC(Br)CBr. The molecule has 90 valence electrons. The third-order valence-corrected chi connectivity index (χ3v) is 3.97. The number of hydrogen-bond acceptors (Lipinski definition) is 2. The van der Waals surface area contributed by atoms with Gasteiger partial charge in [0.25, 0.3) is 0 Å². The van der Waals surface area contributed by atoms with Crippen LogP contribution in [0.1, 0.15) is 6.42 Å². The minimum Gasteiger partial charge on any atom is -0.477 e. The summed E-state index contributed by atoms with van der Waals surface area (Å²) in [7, 11) is 0.583. The molecule has 0 radical (unpaired) electrons. The van der Waals surface area contributed by atoms with E-state index in [2.05, 4.69) is 36.6 Å². The van der Waals surface area contributed by atoms with Crippen molar-refractivity contribution >= 4 is 37.8 Å². The fourth-order valence-corrected chi connectivity index (χ4v) is 1.49. The van der Waals surface area contributed by atoms with Crippen LogP contribution in [0.2, 0.25) is 0 Å². The molecule has 0 aliphatic heterocycles. The van der Waals surface area contributed by atoms with Crippen molar-refractivity contribution in [2.75, 3.05) is 12.4 Å². The van der Waals surface area contributed by atoms with E-state index in [1.807, 2.05) is 0 Å². The number of rotatable bonds is 6. The lowest BCUT2D eigenvalue weighted by molar-refractivity contribution is -0.266. The molecule has 8 heteroatoms. The van der Waals surface area contributed by atoms with Crippen LogP contribution in [-0.4, -0.2) is 40.1 Å². The summed E-state index contributed by atoms with van der Waals surface area (Å²) >= 11 is 5.74. The van der Waals surface area contributed by atoms with Crippen LogP contribution in [0.15, 0.2) is 0 Å². The first-order valence-corrected chi connectivity index (χ1v) is 5.80. The number of aliphatic carboxylic acids is 1. The first-order valence-electron chi connectivity index (χ1n) is 3.76. The molecule has 0 bridgehead atoms. The van der Waals surface area contributed by atoms with Crippen LogP contribution in [0, 0.1) is 0 Å². The van der Waals surface area contributed by atoms with Crippen LogP contribution in [-0.2, 0) is 9.53 Å². The number of methoxy groups -OCH3 is 1. The molecule has 2 atom stereocenters. The predicted molar refractivity (Wildman–Crippen MR) is 54.6 cm³/mol. The Labute approximate surface area is 101 Å². The number of halogens is 5. The van der Waals surface area contributed by atoms with Crippen LogP contribution in [0.25, 0.3) is 0 Å². The zero-order valence-electron chi connectivity index (χ0n) is 7.65. The maximum absolute atomic E-state index is 13.3. The fraction of sp³-hybridized carbons (Fsp3) is 0.857. The second-order valence-electron chi connectivity index (χ2n) is 2.76. The molecule has 0 fully saturated rings. The molecule has 0 rings (SSSR count). The van der Waals surface area contributed by atoms with Crippen molar-refractivity contribution in [3.8, 4) is 0 Å². The van der Waals surface area contributed by atoms with Gasteiger partial charge in [-0.1, -0.05) is 31.9 Å². The first-order chi connectivity index (χ1) is 6.71. The molecular weight excluding hydrogens is 349 g/mol. The molecular formula is C7H9Br2F3O3. The Morgan fingerprint density at radius 3 is 2.27 bits per heavy atom. The average molecular weight is 358 g/mol. The van der Waals surface area contributed by atoms with Gasteiger partial charge in [-0.25, -0.2) is 4.79 Å². The van der Waals surface area contributed by atoms with E-state index in [4.69, 9.17) is 5.11 Å². The van der Waals surface area contributed by atoms with Crippen LogP contribution in [0.5, 0.6) is 0 Å². The Morgan fingerprint density at radius 1 is 1.53 bits per heavy atom. The van der Waals surface area contributed by atoms with Gasteiger partial charge in [-0.05, 0) is 0 Å². The summed E-state index contributed by atoms with van der Waals surface area (Å²) in [4.78, 5) is 9.61. The zero-order valence-corrected chi connectivity index (χ0v) is 10.8. The zero-order chi connectivity index (χ0) is 12.3. The van der Waals surface area contributed by atoms with E-state index in [1.54, 1.807) is 0 Å². The number of carbonyl (C=O) groups is 1. The Kier molecular flexibility index (Phi) is 5.56. The average Bonchev–Trinajstić information content (AvgIpc) is 2.14. The minimum atomic E-state index is -4.12. The van der Waals surface area contributed by atoms with Gasteiger partial charge in [0.05, 0.1) is 0 Å². The third-order valence-electron chi connectivity index (χ3n) is 1.67. The molecule has 0 amide bonds. The van der Waals surface area contributed by atoms with E-state index >= 15 is 0 Å². The Morgan fingerprint density at radius 2 is 2.00 bits per heavy atom. The molecule has 0 heterocycles. The minimum absolute atomic E-state index is 0.141. The highest BCUT2D eigenvalue weighted by molar-refractivity contribution is 9.12. The third kappa shape index (κ3) is 3.32. The van der Waals surface area contributed by atoms with Crippen LogP contribution in [0.4, 0.5) is 13.2 Å². The van der Waals surface area contributed by atoms with Gasteiger partial charge in [0.15, 0.2) is 0 Å². The Hall–Kier alpha value is 0.180. The van der Waals surface area contributed by atoms with Gasteiger partial charge < -0.3 is 9.84 Å². The van der Waals surface area contributed by atoms with Crippen molar-refractivity contribution < 1.29 is 27.8 Å². The summed E-state index contributed by atoms with van der Waals surface area (Å²) in [5, 5.41) is 8.49. The maximum atomic E-state index is 13.3. The number of hydrogen-bond donors (Lipinski definition) is 1. The van der Waals surface area contributed by atoms with Gasteiger partial charge in [0, 0.05) is 23.7 Å². The van der Waals surface area contributed by atoms with Crippen LogP contribution < -0.4 is 0 Å². The normalized spacial score (nSPS) is 18.3. The molecule has 15 heavy (non-hydrogen) atoms. The smallest absolute Gasteiger partial charge is 0.376 e. The second-order valence-corrected chi connectivity index (χ2v) is 4.71. The summed E-state index contributed by atoms with van der Waals surface area (Å²) in [5.41, 5.74) is 0. The highest BCUT2D eigenvalue weighted by Gasteiger charge is 2.62. The molecule has 2 unspecified atom stereocenters. The monoisotopic (exact) mass is 356 g/mol. The summed E-state index contributed by atoms with van der Waals surface area (Å²) in [6, 6.07) is 0. The highest BCUT2D eigenvalue weighted by Crippen LogP contribution is 2.39. The van der Waals surface area contributed by atoms with E-state index < -0.39 is 29.0 Å². The lowest BCUT2D eigenvalue weighted by Gasteiger charge is -2.29. The number of carboxylic acid groups (broad SMARTS) is 1. The van der Waals surface area contributed by atoms with Gasteiger partial charge in [0.2, 0.25) is 0 Å². The molecule has 0 aromatic carbocycles. The van der Waals surface area contributed by atoms with E-state index in [9.17, 15) is 18.0 Å². The summed E-state index contributed by atoms with van der Waals surface area (Å²) in [5.74, 6) is -10.5. The predicted octanol–water partition coefficient (Wildman–Crippen LogP) is 2.57. The highest BCUT2D eigenvalue weighted by atomic mass is 79.9. The fourth-order valence-electron chi connectivity index (χ4n) is 0.857. The first kappa shape index (κ1) is 15.2. The van der Waals surface area contributed by atoms with Crippen molar-refractivity contribution in [2.45, 2.75) is 23.0 Å². The second kappa shape index (κ2) is 5.49. The molecule has 0 saturated carbocycles. The lowest BCUT2D eigenvalue weighted by atomic mass is 10.1. The molecule has 0 aromatic heterocycles. The van der Waals surface area contributed by atoms with Crippen molar-refractivity contribution in [2.24, 2.45) is 0 Å². The topological polar surface area (TPSA) is 46.5 Å². The van der Waals surface area contributed by atoms with Crippen molar-refractivity contribution in [3.05, 3.63) is 0 Å². The van der Waals surface area contributed by atoms with Gasteiger partial charge in [-0.2, -0.15) is 13.2 Å². The number of ether oxygens (including phenoxy) is 1. The summed E-state index contributed by atoms with van der Waals surface area (Å²) in [6.45, 7) is 0. The Bertz CT molecular complexity index is 240. The van der Waals surface area contributed by atoms with Gasteiger partial charge in [0.1, 0.15) is 0 Å². The number of alkyl halides is 5. The van der Waals surface area contributed by atoms with Crippen LogP contribution in [0.3, 0.4) is 0 Å². The summed E-state index contributed by atoms with van der Waals surface area (Å²) in [6.07, 6.45) is -0.991. The Balaban J connectivity index is 4.88. The van der Waals surface area contributed by atoms with Gasteiger partial charge >= 0.3 is 17.7 Å². The maximum Gasteiger partial charge on any atom is 0.376 e. The standard InChI is InChI=1S/C7H9Br2F3O3/c1-15-7(12,5(13)14)6(10,11)2-4(9)3-8/h4H,2-3H2,1H3,(H,13,14). The molecule has 3 nitrogen and oxygen atoms in total. The quantitative estimate of drug-likeness (QED) is 0.743. The van der Waals surface area contributed by atoms with Crippen LogP contribution >= 0.6 is 31.9 Å². The lowest BCUT2D eigenvalue weighted by Crippen LogP contribution is -2.53.